The standard InChI is InChI=1S/C13H26ClN3O2S/c1-15(2)13-6-4-8-17(11-13)20(18,19)16-7-3-5-12(9-14)10-16/h12-13H,3-11H2,1-2H3. The molecular formula is C13H26ClN3O2S. The fourth-order valence-electron chi connectivity index (χ4n) is 3.08. The summed E-state index contributed by atoms with van der Waals surface area (Å²) in [7, 11) is 0.725. The number of hydrogen-bond donors (Lipinski definition) is 0. The van der Waals surface area contributed by atoms with Gasteiger partial charge in [0.2, 0.25) is 0 Å². The van der Waals surface area contributed by atoms with Crippen molar-refractivity contribution < 1.29 is 8.42 Å². The number of piperidine rings is 2. The van der Waals surface area contributed by atoms with Crippen molar-refractivity contribution in [1.29, 1.82) is 0 Å². The van der Waals surface area contributed by atoms with Crippen molar-refractivity contribution in [3.05, 3.63) is 0 Å². The van der Waals surface area contributed by atoms with E-state index in [1.54, 1.807) is 8.61 Å². The first kappa shape index (κ1) is 16.5. The second kappa shape index (κ2) is 6.92. The molecule has 0 amide bonds. The predicted octanol–water partition coefficient (Wildman–Crippen LogP) is 1.21. The largest absolute Gasteiger partial charge is 0.305 e. The molecule has 0 saturated carbocycles. The highest BCUT2D eigenvalue weighted by Crippen LogP contribution is 2.24. The third-order valence-corrected chi connectivity index (χ3v) is 6.85. The van der Waals surface area contributed by atoms with Gasteiger partial charge in [-0.15, -0.1) is 11.6 Å². The Morgan fingerprint density at radius 1 is 1.10 bits per heavy atom. The van der Waals surface area contributed by atoms with Crippen LogP contribution in [0.25, 0.3) is 0 Å². The number of likely N-dealkylation sites (N-methyl/N-ethyl adjacent to an activating group) is 1. The fourth-order valence-corrected chi connectivity index (χ4v) is 5.14. The van der Waals surface area contributed by atoms with Crippen LogP contribution in [0.15, 0.2) is 0 Å². The molecule has 0 aromatic heterocycles. The Kier molecular flexibility index (Phi) is 5.71. The minimum atomic E-state index is -3.31. The van der Waals surface area contributed by atoms with Crippen molar-refractivity contribution in [2.75, 3.05) is 46.2 Å². The molecule has 2 heterocycles. The van der Waals surface area contributed by atoms with Crippen LogP contribution in [0, 0.1) is 5.92 Å². The predicted molar refractivity (Wildman–Crippen MR) is 82.2 cm³/mol. The number of nitrogens with zero attached hydrogens (tertiary/aromatic N) is 3. The van der Waals surface area contributed by atoms with Gasteiger partial charge in [-0.1, -0.05) is 0 Å². The van der Waals surface area contributed by atoms with Gasteiger partial charge < -0.3 is 4.90 Å². The van der Waals surface area contributed by atoms with E-state index < -0.39 is 10.2 Å². The van der Waals surface area contributed by atoms with E-state index in [4.69, 9.17) is 11.6 Å². The Hall–Kier alpha value is 0.120. The quantitative estimate of drug-likeness (QED) is 0.730. The third-order valence-electron chi connectivity index (χ3n) is 4.44. The van der Waals surface area contributed by atoms with Gasteiger partial charge >= 0.3 is 0 Å². The first-order valence-electron chi connectivity index (χ1n) is 7.42. The molecule has 0 bridgehead atoms. The summed E-state index contributed by atoms with van der Waals surface area (Å²) >= 11 is 5.90. The summed E-state index contributed by atoms with van der Waals surface area (Å²) in [5.74, 6) is 0.849. The Bertz CT molecular complexity index is 416. The van der Waals surface area contributed by atoms with E-state index in [9.17, 15) is 8.42 Å². The van der Waals surface area contributed by atoms with Crippen molar-refractivity contribution in [2.24, 2.45) is 5.92 Å². The Labute approximate surface area is 128 Å². The lowest BCUT2D eigenvalue weighted by Crippen LogP contribution is -2.54. The summed E-state index contributed by atoms with van der Waals surface area (Å²) in [5.41, 5.74) is 0. The molecule has 0 aliphatic carbocycles. The van der Waals surface area contributed by atoms with Crippen molar-refractivity contribution in [3.8, 4) is 0 Å². The Balaban J connectivity index is 2.05. The second-order valence-corrected chi connectivity index (χ2v) is 8.38. The molecule has 2 unspecified atom stereocenters. The second-order valence-electron chi connectivity index (χ2n) is 6.15. The van der Waals surface area contributed by atoms with E-state index in [2.05, 4.69) is 4.90 Å². The number of hydrogen-bond acceptors (Lipinski definition) is 3. The maximum Gasteiger partial charge on any atom is 0.282 e. The zero-order valence-corrected chi connectivity index (χ0v) is 14.0. The van der Waals surface area contributed by atoms with E-state index >= 15 is 0 Å². The van der Waals surface area contributed by atoms with Crippen LogP contribution in [0.2, 0.25) is 0 Å². The molecule has 2 aliphatic heterocycles. The molecule has 2 aliphatic rings. The van der Waals surface area contributed by atoms with Crippen molar-refractivity contribution >= 4 is 21.8 Å². The monoisotopic (exact) mass is 323 g/mol. The lowest BCUT2D eigenvalue weighted by molar-refractivity contribution is 0.177. The van der Waals surface area contributed by atoms with Crippen LogP contribution in [0.5, 0.6) is 0 Å². The van der Waals surface area contributed by atoms with Crippen LogP contribution in [-0.2, 0) is 10.2 Å². The summed E-state index contributed by atoms with van der Waals surface area (Å²) in [4.78, 5) is 2.12. The number of halogens is 1. The van der Waals surface area contributed by atoms with Crippen LogP contribution in [0.3, 0.4) is 0 Å². The lowest BCUT2D eigenvalue weighted by atomic mass is 10.0. The highest BCUT2D eigenvalue weighted by Gasteiger charge is 2.36. The van der Waals surface area contributed by atoms with Gasteiger partial charge in [0, 0.05) is 38.1 Å². The highest BCUT2D eigenvalue weighted by molar-refractivity contribution is 7.86. The first-order chi connectivity index (χ1) is 9.45. The number of alkyl halides is 1. The normalized spacial score (nSPS) is 30.8. The van der Waals surface area contributed by atoms with E-state index in [0.717, 1.165) is 25.7 Å². The molecule has 0 aromatic carbocycles. The summed E-state index contributed by atoms with van der Waals surface area (Å²) in [5, 5.41) is 0. The molecule has 0 aromatic rings. The molecule has 5 nitrogen and oxygen atoms in total. The van der Waals surface area contributed by atoms with Gasteiger partial charge in [-0.25, -0.2) is 0 Å². The smallest absolute Gasteiger partial charge is 0.282 e. The average Bonchev–Trinajstić information content (AvgIpc) is 2.47. The molecule has 0 radical (unpaired) electrons. The molecular weight excluding hydrogens is 298 g/mol. The molecule has 2 saturated heterocycles. The zero-order valence-electron chi connectivity index (χ0n) is 12.5. The SMILES string of the molecule is CN(C)C1CCCN(S(=O)(=O)N2CCCC(CCl)C2)C1. The summed E-state index contributed by atoms with van der Waals surface area (Å²) in [6.07, 6.45) is 3.97. The van der Waals surface area contributed by atoms with Crippen LogP contribution in [0.4, 0.5) is 0 Å². The van der Waals surface area contributed by atoms with E-state index in [-0.39, 0.29) is 0 Å². The molecule has 2 fully saturated rings. The highest BCUT2D eigenvalue weighted by atomic mass is 35.5. The molecule has 0 spiro atoms. The minimum absolute atomic E-state index is 0.301. The van der Waals surface area contributed by atoms with Crippen molar-refractivity contribution in [3.63, 3.8) is 0 Å². The molecule has 20 heavy (non-hydrogen) atoms. The molecule has 2 rings (SSSR count). The van der Waals surface area contributed by atoms with Gasteiger partial charge in [-0.05, 0) is 45.7 Å². The summed E-state index contributed by atoms with van der Waals surface area (Å²) in [6.45, 7) is 2.47. The molecule has 2 atom stereocenters. The Morgan fingerprint density at radius 3 is 2.30 bits per heavy atom. The van der Waals surface area contributed by atoms with Gasteiger partial charge in [0.1, 0.15) is 0 Å². The Morgan fingerprint density at radius 2 is 1.70 bits per heavy atom. The van der Waals surface area contributed by atoms with Gasteiger partial charge in [0.15, 0.2) is 0 Å². The van der Waals surface area contributed by atoms with Crippen LogP contribution in [0.1, 0.15) is 25.7 Å². The summed E-state index contributed by atoms with van der Waals surface area (Å²) < 4.78 is 28.8. The topological polar surface area (TPSA) is 43.9 Å². The molecule has 118 valence electrons. The maximum absolute atomic E-state index is 12.8. The third kappa shape index (κ3) is 3.65. The maximum atomic E-state index is 12.8. The van der Waals surface area contributed by atoms with Crippen molar-refractivity contribution in [2.45, 2.75) is 31.7 Å². The van der Waals surface area contributed by atoms with Crippen LogP contribution >= 0.6 is 11.6 Å². The van der Waals surface area contributed by atoms with Gasteiger partial charge in [-0.3, -0.25) is 0 Å². The molecule has 7 heteroatoms. The zero-order chi connectivity index (χ0) is 14.8. The first-order valence-corrected chi connectivity index (χ1v) is 9.36. The fraction of sp³-hybridized carbons (Fsp3) is 1.00. The van der Waals surface area contributed by atoms with Crippen LogP contribution in [-0.4, -0.2) is 74.1 Å². The van der Waals surface area contributed by atoms with E-state index in [1.165, 1.54) is 0 Å². The van der Waals surface area contributed by atoms with Gasteiger partial charge in [0.05, 0.1) is 0 Å². The average molecular weight is 324 g/mol. The number of rotatable bonds is 4. The minimum Gasteiger partial charge on any atom is -0.305 e. The summed E-state index contributed by atoms with van der Waals surface area (Å²) in [6, 6.07) is 0.326. The van der Waals surface area contributed by atoms with E-state index in [0.29, 0.717) is 44.0 Å². The van der Waals surface area contributed by atoms with E-state index in [1.807, 2.05) is 14.1 Å². The van der Waals surface area contributed by atoms with Crippen molar-refractivity contribution in [1.82, 2.24) is 13.5 Å². The molecule has 0 N–H and O–H groups in total. The van der Waals surface area contributed by atoms with Gasteiger partial charge in [-0.2, -0.15) is 17.0 Å². The van der Waals surface area contributed by atoms with Crippen LogP contribution < -0.4 is 0 Å². The lowest BCUT2D eigenvalue weighted by Gasteiger charge is -2.39. The van der Waals surface area contributed by atoms with Gasteiger partial charge in [0.25, 0.3) is 10.2 Å².